The van der Waals surface area contributed by atoms with Gasteiger partial charge in [-0.15, -0.1) is 0 Å². The Morgan fingerprint density at radius 3 is 2.71 bits per heavy atom. The zero-order valence-corrected chi connectivity index (χ0v) is 13.4. The Morgan fingerprint density at radius 1 is 1.29 bits per heavy atom. The van der Waals surface area contributed by atoms with Gasteiger partial charge in [-0.25, -0.2) is 0 Å². The molecular weight excluding hydrogens is 260 g/mol. The Morgan fingerprint density at radius 2 is 2.05 bits per heavy atom. The van der Waals surface area contributed by atoms with E-state index in [1.54, 1.807) is 0 Å². The maximum Gasteiger partial charge on any atom is 0.119 e. The predicted molar refractivity (Wildman–Crippen MR) is 88.2 cm³/mol. The van der Waals surface area contributed by atoms with E-state index >= 15 is 0 Å². The second-order valence-electron chi connectivity index (χ2n) is 6.74. The van der Waals surface area contributed by atoms with Crippen LogP contribution >= 0.6 is 0 Å². The van der Waals surface area contributed by atoms with Crippen molar-refractivity contribution in [2.24, 2.45) is 5.92 Å². The molecule has 3 heteroatoms. The van der Waals surface area contributed by atoms with Gasteiger partial charge in [-0.1, -0.05) is 6.92 Å². The molecule has 2 fully saturated rings. The summed E-state index contributed by atoms with van der Waals surface area (Å²) in [6, 6.07) is 8.64. The van der Waals surface area contributed by atoms with Gasteiger partial charge in [0, 0.05) is 24.3 Å². The number of nitrogens with zero attached hydrogens (tertiary/aromatic N) is 1. The fourth-order valence-corrected chi connectivity index (χ4v) is 3.36. The maximum absolute atomic E-state index is 5.68. The van der Waals surface area contributed by atoms with Crippen LogP contribution in [0.15, 0.2) is 24.3 Å². The summed E-state index contributed by atoms with van der Waals surface area (Å²) in [6.07, 6.45) is 5.05. The molecule has 2 aliphatic rings. The van der Waals surface area contributed by atoms with E-state index in [-0.39, 0.29) is 5.54 Å². The van der Waals surface area contributed by atoms with Crippen LogP contribution in [-0.4, -0.2) is 31.8 Å². The molecule has 0 bridgehead atoms. The third-order valence-corrected chi connectivity index (χ3v) is 4.81. The quantitative estimate of drug-likeness (QED) is 0.898. The number of benzene rings is 1. The molecule has 0 amide bonds. The van der Waals surface area contributed by atoms with E-state index in [0.717, 1.165) is 44.3 Å². The van der Waals surface area contributed by atoms with Gasteiger partial charge in [0.25, 0.3) is 0 Å². The minimum absolute atomic E-state index is 0.286. The van der Waals surface area contributed by atoms with E-state index in [4.69, 9.17) is 4.74 Å². The molecule has 3 nitrogen and oxygen atoms in total. The number of nitrogens with one attached hydrogen (secondary N) is 1. The van der Waals surface area contributed by atoms with Crippen LogP contribution in [0.5, 0.6) is 5.75 Å². The predicted octanol–water partition coefficient (Wildman–Crippen LogP) is 3.44. The van der Waals surface area contributed by atoms with Gasteiger partial charge in [-0.05, 0) is 69.3 Å². The van der Waals surface area contributed by atoms with Crippen molar-refractivity contribution >= 4 is 5.69 Å². The fraction of sp³-hybridized carbons (Fsp3) is 0.667. The van der Waals surface area contributed by atoms with Crippen molar-refractivity contribution in [3.05, 3.63) is 24.3 Å². The minimum atomic E-state index is 0.286. The largest absolute Gasteiger partial charge is 0.494 e. The first-order valence-corrected chi connectivity index (χ1v) is 8.44. The molecular formula is C18H28N2O. The highest BCUT2D eigenvalue weighted by atomic mass is 16.5. The molecule has 0 aromatic heterocycles. The summed E-state index contributed by atoms with van der Waals surface area (Å²) in [5.74, 6) is 1.85. The normalized spacial score (nSPS) is 26.5. The molecule has 1 saturated carbocycles. The monoisotopic (exact) mass is 288 g/mol. The number of hydrogen-bond acceptors (Lipinski definition) is 3. The lowest BCUT2D eigenvalue weighted by Gasteiger charge is -2.35. The summed E-state index contributed by atoms with van der Waals surface area (Å²) < 4.78 is 5.68. The van der Waals surface area contributed by atoms with Crippen LogP contribution < -0.4 is 15.0 Å². The summed E-state index contributed by atoms with van der Waals surface area (Å²) in [5, 5.41) is 3.79. The van der Waals surface area contributed by atoms with Gasteiger partial charge in [0.05, 0.1) is 6.61 Å². The summed E-state index contributed by atoms with van der Waals surface area (Å²) in [7, 11) is 0. The first-order valence-electron chi connectivity index (χ1n) is 8.44. The summed E-state index contributed by atoms with van der Waals surface area (Å²) in [5.41, 5.74) is 1.61. The maximum atomic E-state index is 5.68. The minimum Gasteiger partial charge on any atom is -0.494 e. The van der Waals surface area contributed by atoms with Crippen LogP contribution in [0, 0.1) is 5.92 Å². The van der Waals surface area contributed by atoms with Crippen molar-refractivity contribution < 1.29 is 4.74 Å². The molecule has 1 N–H and O–H groups in total. The van der Waals surface area contributed by atoms with Gasteiger partial charge in [0.1, 0.15) is 5.75 Å². The molecule has 21 heavy (non-hydrogen) atoms. The fourth-order valence-electron chi connectivity index (χ4n) is 3.36. The zero-order valence-electron chi connectivity index (χ0n) is 13.4. The van der Waals surface area contributed by atoms with Crippen LogP contribution in [-0.2, 0) is 0 Å². The van der Waals surface area contributed by atoms with Crippen molar-refractivity contribution in [1.29, 1.82) is 0 Å². The molecule has 1 saturated heterocycles. The highest BCUT2D eigenvalue weighted by Crippen LogP contribution is 2.41. The first-order chi connectivity index (χ1) is 10.2. The van der Waals surface area contributed by atoms with Crippen molar-refractivity contribution in [2.45, 2.75) is 45.1 Å². The third kappa shape index (κ3) is 3.52. The van der Waals surface area contributed by atoms with Crippen molar-refractivity contribution in [3.63, 3.8) is 0 Å². The highest BCUT2D eigenvalue weighted by molar-refractivity contribution is 5.49. The van der Waals surface area contributed by atoms with Crippen molar-refractivity contribution in [3.8, 4) is 5.75 Å². The topological polar surface area (TPSA) is 24.5 Å². The average Bonchev–Trinajstić information content (AvgIpc) is 3.33. The molecule has 116 valence electrons. The average molecular weight is 288 g/mol. The molecule has 1 aliphatic carbocycles. The Bertz CT molecular complexity index is 455. The van der Waals surface area contributed by atoms with Gasteiger partial charge in [-0.3, -0.25) is 0 Å². The van der Waals surface area contributed by atoms with Crippen LogP contribution in [0.3, 0.4) is 0 Å². The lowest BCUT2D eigenvalue weighted by atomic mass is 9.95. The third-order valence-electron chi connectivity index (χ3n) is 4.81. The molecule has 1 unspecified atom stereocenters. The summed E-state index contributed by atoms with van der Waals surface area (Å²) >= 11 is 0. The first kappa shape index (κ1) is 14.7. The van der Waals surface area contributed by atoms with E-state index in [2.05, 4.69) is 48.3 Å². The lowest BCUT2D eigenvalue weighted by Crippen LogP contribution is -2.51. The highest BCUT2D eigenvalue weighted by Gasteiger charge is 2.43. The van der Waals surface area contributed by atoms with E-state index in [1.165, 1.54) is 24.9 Å². The Hall–Kier alpha value is -1.22. The Labute approximate surface area is 128 Å². The number of anilines is 1. The van der Waals surface area contributed by atoms with Crippen LogP contribution in [0.4, 0.5) is 5.69 Å². The van der Waals surface area contributed by atoms with E-state index < -0.39 is 0 Å². The van der Waals surface area contributed by atoms with E-state index in [1.807, 2.05) is 0 Å². The molecule has 0 radical (unpaired) electrons. The molecule has 0 spiro atoms. The Balaban J connectivity index is 1.69. The number of hydrogen-bond donors (Lipinski definition) is 1. The summed E-state index contributed by atoms with van der Waals surface area (Å²) in [4.78, 5) is 2.54. The molecule has 1 atom stereocenters. The molecule has 1 aromatic carbocycles. The second kappa shape index (κ2) is 6.27. The van der Waals surface area contributed by atoms with Gasteiger partial charge >= 0.3 is 0 Å². The molecule has 1 heterocycles. The standard InChI is InChI=1S/C18H28N2O/c1-3-13-21-17-9-7-16(8-10-17)20-12-4-11-19-18(2,14-20)15-5-6-15/h7-10,15,19H,3-6,11-14H2,1-2H3. The van der Waals surface area contributed by atoms with Crippen LogP contribution in [0.25, 0.3) is 0 Å². The van der Waals surface area contributed by atoms with Gasteiger partial charge < -0.3 is 15.0 Å². The molecule has 1 aliphatic heterocycles. The zero-order chi connectivity index (χ0) is 14.7. The van der Waals surface area contributed by atoms with E-state index in [0.29, 0.717) is 0 Å². The van der Waals surface area contributed by atoms with Gasteiger partial charge in [0.15, 0.2) is 0 Å². The lowest BCUT2D eigenvalue weighted by molar-refractivity contribution is 0.317. The number of rotatable bonds is 5. The molecule has 1 aromatic rings. The van der Waals surface area contributed by atoms with Gasteiger partial charge in [-0.2, -0.15) is 0 Å². The van der Waals surface area contributed by atoms with E-state index in [9.17, 15) is 0 Å². The van der Waals surface area contributed by atoms with Crippen molar-refractivity contribution in [2.75, 3.05) is 31.1 Å². The summed E-state index contributed by atoms with van der Waals surface area (Å²) in [6.45, 7) is 8.74. The Kier molecular flexibility index (Phi) is 4.39. The SMILES string of the molecule is CCCOc1ccc(N2CCCNC(C)(C3CC3)C2)cc1. The van der Waals surface area contributed by atoms with Gasteiger partial charge in [0.2, 0.25) is 0 Å². The number of ether oxygens (including phenoxy) is 1. The van der Waals surface area contributed by atoms with Crippen molar-refractivity contribution in [1.82, 2.24) is 5.32 Å². The second-order valence-corrected chi connectivity index (χ2v) is 6.74. The van der Waals surface area contributed by atoms with Crippen LogP contribution in [0.1, 0.15) is 39.5 Å². The molecule has 3 rings (SSSR count). The smallest absolute Gasteiger partial charge is 0.119 e. The van der Waals surface area contributed by atoms with Crippen LogP contribution in [0.2, 0.25) is 0 Å².